The molecule has 0 bridgehead atoms. The van der Waals surface area contributed by atoms with Gasteiger partial charge in [0.2, 0.25) is 0 Å². The van der Waals surface area contributed by atoms with E-state index in [0.717, 1.165) is 25.0 Å². The van der Waals surface area contributed by atoms with Gasteiger partial charge in [-0.2, -0.15) is 18.3 Å². The van der Waals surface area contributed by atoms with Crippen molar-refractivity contribution in [3.05, 3.63) is 47.3 Å². The van der Waals surface area contributed by atoms with Gasteiger partial charge in [0.05, 0.1) is 28.7 Å². The van der Waals surface area contributed by atoms with Crippen LogP contribution in [-0.2, 0) is 6.18 Å². The van der Waals surface area contributed by atoms with Crippen molar-refractivity contribution in [3.8, 4) is 5.69 Å². The number of halogens is 3. The lowest BCUT2D eigenvalue weighted by atomic mass is 10.0. The normalized spacial score (nSPS) is 18.2. The first kappa shape index (κ1) is 18.4. The molecule has 1 saturated heterocycles. The maximum absolute atomic E-state index is 12.9. The highest BCUT2D eigenvalue weighted by atomic mass is 19.4. The Morgan fingerprint density at radius 2 is 2.12 bits per heavy atom. The minimum atomic E-state index is -4.42. The molecule has 1 amide bonds. The van der Waals surface area contributed by atoms with Crippen LogP contribution in [0.1, 0.15) is 34.5 Å². The highest BCUT2D eigenvalue weighted by Crippen LogP contribution is 2.30. The van der Waals surface area contributed by atoms with E-state index in [9.17, 15) is 18.0 Å². The SMILES string of the molecule is CN[C@@H]1CCCN(C(=O)c2cnn(-c3cccc(C(F)(F)F)c3)c2C)C1. The average molecular weight is 366 g/mol. The molecule has 8 heteroatoms. The van der Waals surface area contributed by atoms with E-state index >= 15 is 0 Å². The Bertz CT molecular complexity index is 800. The number of piperidine rings is 1. The molecule has 1 atom stereocenters. The minimum absolute atomic E-state index is 0.138. The summed E-state index contributed by atoms with van der Waals surface area (Å²) in [6, 6.07) is 5.18. The lowest BCUT2D eigenvalue weighted by molar-refractivity contribution is -0.137. The number of rotatable bonds is 3. The van der Waals surface area contributed by atoms with Crippen LogP contribution in [-0.4, -0.2) is 46.8 Å². The Labute approximate surface area is 149 Å². The van der Waals surface area contributed by atoms with Crippen LogP contribution in [0.4, 0.5) is 13.2 Å². The summed E-state index contributed by atoms with van der Waals surface area (Å²) >= 11 is 0. The Kier molecular flexibility index (Phi) is 5.04. The van der Waals surface area contributed by atoms with Gasteiger partial charge < -0.3 is 10.2 Å². The second kappa shape index (κ2) is 7.11. The summed E-state index contributed by atoms with van der Waals surface area (Å²) in [7, 11) is 1.87. The van der Waals surface area contributed by atoms with Crippen molar-refractivity contribution < 1.29 is 18.0 Å². The summed E-state index contributed by atoms with van der Waals surface area (Å²) in [6.45, 7) is 2.98. The van der Waals surface area contributed by atoms with E-state index in [2.05, 4.69) is 10.4 Å². The standard InChI is InChI=1S/C18H21F3N4O/c1-12-16(17(26)24-8-4-6-14(11-24)22-2)10-23-25(12)15-7-3-5-13(9-15)18(19,20)21/h3,5,7,9-10,14,22H,4,6,8,11H2,1-2H3/t14-/m1/s1. The highest BCUT2D eigenvalue weighted by Gasteiger charge is 2.31. The number of hydrogen-bond donors (Lipinski definition) is 1. The van der Waals surface area contributed by atoms with Crippen molar-refractivity contribution in [2.75, 3.05) is 20.1 Å². The second-order valence-electron chi connectivity index (χ2n) is 6.48. The van der Waals surface area contributed by atoms with Crippen molar-refractivity contribution >= 4 is 5.91 Å². The van der Waals surface area contributed by atoms with E-state index in [1.807, 2.05) is 7.05 Å². The summed E-state index contributed by atoms with van der Waals surface area (Å²) in [5.41, 5.74) is 0.480. The van der Waals surface area contributed by atoms with Gasteiger partial charge in [-0.1, -0.05) is 6.07 Å². The number of hydrogen-bond acceptors (Lipinski definition) is 3. The fourth-order valence-electron chi connectivity index (χ4n) is 3.26. The molecule has 0 aliphatic carbocycles. The van der Waals surface area contributed by atoms with Gasteiger partial charge in [-0.15, -0.1) is 0 Å². The number of carbonyl (C=O) groups excluding carboxylic acids is 1. The number of nitrogens with one attached hydrogen (secondary N) is 1. The van der Waals surface area contributed by atoms with Crippen LogP contribution in [0.5, 0.6) is 0 Å². The number of benzene rings is 1. The van der Waals surface area contributed by atoms with Crippen LogP contribution < -0.4 is 5.32 Å². The topological polar surface area (TPSA) is 50.2 Å². The number of likely N-dealkylation sites (tertiary alicyclic amines) is 1. The maximum atomic E-state index is 12.9. The van der Waals surface area contributed by atoms with E-state index in [1.165, 1.54) is 16.9 Å². The molecule has 26 heavy (non-hydrogen) atoms. The zero-order valence-electron chi connectivity index (χ0n) is 14.7. The Morgan fingerprint density at radius 1 is 1.35 bits per heavy atom. The van der Waals surface area contributed by atoms with E-state index in [4.69, 9.17) is 0 Å². The van der Waals surface area contributed by atoms with E-state index in [0.29, 0.717) is 24.3 Å². The number of alkyl halides is 3. The number of amides is 1. The summed E-state index contributed by atoms with van der Waals surface area (Å²) in [4.78, 5) is 14.6. The van der Waals surface area contributed by atoms with Crippen LogP contribution in [0.15, 0.2) is 30.5 Å². The molecule has 1 aromatic heterocycles. The first-order valence-electron chi connectivity index (χ1n) is 8.50. The van der Waals surface area contributed by atoms with Crippen molar-refractivity contribution in [2.24, 2.45) is 0 Å². The number of aromatic nitrogens is 2. The van der Waals surface area contributed by atoms with Crippen molar-refractivity contribution in [1.82, 2.24) is 20.0 Å². The zero-order chi connectivity index (χ0) is 18.9. The summed E-state index contributed by atoms with van der Waals surface area (Å²) in [5, 5.41) is 7.34. The first-order valence-corrected chi connectivity index (χ1v) is 8.50. The van der Waals surface area contributed by atoms with Crippen molar-refractivity contribution in [2.45, 2.75) is 32.0 Å². The van der Waals surface area contributed by atoms with Gasteiger partial charge in [0.15, 0.2) is 0 Å². The van der Waals surface area contributed by atoms with Gasteiger partial charge >= 0.3 is 6.18 Å². The quantitative estimate of drug-likeness (QED) is 0.909. The lowest BCUT2D eigenvalue weighted by Crippen LogP contribution is -2.47. The van der Waals surface area contributed by atoms with Crippen LogP contribution in [0.3, 0.4) is 0 Å². The largest absolute Gasteiger partial charge is 0.416 e. The third-order valence-electron chi connectivity index (χ3n) is 4.78. The molecular formula is C18H21F3N4O. The molecule has 1 N–H and O–H groups in total. The van der Waals surface area contributed by atoms with Crippen LogP contribution in [0.2, 0.25) is 0 Å². The van der Waals surface area contributed by atoms with Gasteiger partial charge in [0, 0.05) is 19.1 Å². The highest BCUT2D eigenvalue weighted by molar-refractivity contribution is 5.95. The van der Waals surface area contributed by atoms with Gasteiger partial charge in [-0.3, -0.25) is 4.79 Å². The molecule has 1 aromatic carbocycles. The van der Waals surface area contributed by atoms with Crippen LogP contribution in [0, 0.1) is 6.92 Å². The fourth-order valence-corrected chi connectivity index (χ4v) is 3.26. The van der Waals surface area contributed by atoms with Crippen molar-refractivity contribution in [3.63, 3.8) is 0 Å². The first-order chi connectivity index (χ1) is 12.3. The molecule has 1 fully saturated rings. The molecule has 3 rings (SSSR count). The van der Waals surface area contributed by atoms with Gasteiger partial charge in [0.25, 0.3) is 5.91 Å². The molecule has 140 valence electrons. The molecule has 0 radical (unpaired) electrons. The number of nitrogens with zero attached hydrogens (tertiary/aromatic N) is 3. The average Bonchev–Trinajstić information content (AvgIpc) is 3.02. The lowest BCUT2D eigenvalue weighted by Gasteiger charge is -2.32. The predicted molar refractivity (Wildman–Crippen MR) is 91.3 cm³/mol. The van der Waals surface area contributed by atoms with Crippen LogP contribution in [0.25, 0.3) is 5.69 Å². The van der Waals surface area contributed by atoms with Crippen LogP contribution >= 0.6 is 0 Å². The molecule has 1 aliphatic heterocycles. The fraction of sp³-hybridized carbons (Fsp3) is 0.444. The minimum Gasteiger partial charge on any atom is -0.337 e. The van der Waals surface area contributed by atoms with Gasteiger partial charge in [0.1, 0.15) is 0 Å². The van der Waals surface area contributed by atoms with E-state index in [1.54, 1.807) is 17.9 Å². The molecular weight excluding hydrogens is 345 g/mol. The monoisotopic (exact) mass is 366 g/mol. The predicted octanol–water partition coefficient (Wildman–Crippen LogP) is 3.02. The molecule has 2 heterocycles. The Hall–Kier alpha value is -2.35. The smallest absolute Gasteiger partial charge is 0.337 e. The molecule has 0 saturated carbocycles. The second-order valence-corrected chi connectivity index (χ2v) is 6.48. The molecule has 5 nitrogen and oxygen atoms in total. The third kappa shape index (κ3) is 3.60. The van der Waals surface area contributed by atoms with E-state index in [-0.39, 0.29) is 17.6 Å². The van der Waals surface area contributed by atoms with Gasteiger partial charge in [-0.05, 0) is 45.0 Å². The molecule has 0 spiro atoms. The summed E-state index contributed by atoms with van der Waals surface area (Å²) in [6.07, 6.45) is -1.06. The molecule has 1 aliphatic rings. The van der Waals surface area contributed by atoms with Gasteiger partial charge in [-0.25, -0.2) is 4.68 Å². The molecule has 2 aromatic rings. The van der Waals surface area contributed by atoms with Crippen molar-refractivity contribution in [1.29, 1.82) is 0 Å². The number of likely N-dealkylation sites (N-methyl/N-ethyl adjacent to an activating group) is 1. The number of carbonyl (C=O) groups is 1. The Morgan fingerprint density at radius 3 is 2.81 bits per heavy atom. The van der Waals surface area contributed by atoms with E-state index < -0.39 is 11.7 Å². The molecule has 0 unspecified atom stereocenters. The maximum Gasteiger partial charge on any atom is 0.416 e. The summed E-state index contributed by atoms with van der Waals surface area (Å²) in [5.74, 6) is -0.138. The Balaban J connectivity index is 1.87. The summed E-state index contributed by atoms with van der Waals surface area (Å²) < 4.78 is 40.2. The third-order valence-corrected chi connectivity index (χ3v) is 4.78. The zero-order valence-corrected chi connectivity index (χ0v) is 14.7.